The molecule has 2 heterocycles. The first-order valence-electron chi connectivity index (χ1n) is 10.1. The van der Waals surface area contributed by atoms with Crippen molar-refractivity contribution in [2.45, 2.75) is 32.5 Å². The van der Waals surface area contributed by atoms with Crippen molar-refractivity contribution in [1.29, 1.82) is 0 Å². The average Bonchev–Trinajstić information content (AvgIpc) is 2.79. The molecular weight excluding hydrogens is 451 g/mol. The van der Waals surface area contributed by atoms with Gasteiger partial charge in [0.05, 0.1) is 29.4 Å². The summed E-state index contributed by atoms with van der Waals surface area (Å²) in [4.78, 5) is 34.8. The fraction of sp³-hybridized carbons (Fsp3) is 0.261. The van der Waals surface area contributed by atoms with Crippen molar-refractivity contribution in [2.75, 3.05) is 12.4 Å². The summed E-state index contributed by atoms with van der Waals surface area (Å²) >= 11 is 12.1. The standard InChI is InChI=1S/C23H22Cl2N4O3/c1-13-9-17-20(12-29(13)22(31)15-5-8-18(24)19(25)10-15)27-23(28-21(17)30)26-11-14-3-6-16(32-2)7-4-14/h3-8,10,13H,9,11-12H2,1-2H3,(H2,26,27,28,30)/t13-/m1/s1. The molecule has 2 N–H and O–H groups in total. The van der Waals surface area contributed by atoms with Crippen LogP contribution in [0.4, 0.5) is 5.95 Å². The van der Waals surface area contributed by atoms with Gasteiger partial charge in [0.1, 0.15) is 5.75 Å². The number of ether oxygens (including phenoxy) is 1. The zero-order valence-corrected chi connectivity index (χ0v) is 19.1. The Kier molecular flexibility index (Phi) is 6.39. The second-order valence-electron chi connectivity index (χ2n) is 7.66. The number of rotatable bonds is 5. The topological polar surface area (TPSA) is 87.3 Å². The molecule has 1 aromatic heterocycles. The molecular formula is C23H22Cl2N4O3. The number of fused-ring (bicyclic) bond motifs is 1. The summed E-state index contributed by atoms with van der Waals surface area (Å²) in [5.41, 5.74) is 2.44. The van der Waals surface area contributed by atoms with E-state index in [1.165, 1.54) is 0 Å². The number of nitrogens with one attached hydrogen (secondary N) is 2. The van der Waals surface area contributed by atoms with Gasteiger partial charge < -0.3 is 15.0 Å². The SMILES string of the molecule is COc1ccc(CNc2nc3c(c(=O)[nH]2)C[C@@H](C)N(C(=O)c2ccc(Cl)c(Cl)c2)C3)cc1. The summed E-state index contributed by atoms with van der Waals surface area (Å²) < 4.78 is 5.17. The number of H-pyrrole nitrogens is 1. The van der Waals surface area contributed by atoms with Gasteiger partial charge in [-0.2, -0.15) is 0 Å². The van der Waals surface area contributed by atoms with E-state index in [2.05, 4.69) is 15.3 Å². The van der Waals surface area contributed by atoms with E-state index in [9.17, 15) is 9.59 Å². The van der Waals surface area contributed by atoms with Crippen LogP contribution in [0.5, 0.6) is 5.75 Å². The first-order valence-corrected chi connectivity index (χ1v) is 10.9. The van der Waals surface area contributed by atoms with Gasteiger partial charge in [0, 0.05) is 23.7 Å². The van der Waals surface area contributed by atoms with Crippen LogP contribution < -0.4 is 15.6 Å². The van der Waals surface area contributed by atoms with Crippen LogP contribution in [0.2, 0.25) is 10.0 Å². The van der Waals surface area contributed by atoms with Crippen LogP contribution in [-0.4, -0.2) is 33.9 Å². The van der Waals surface area contributed by atoms with Crippen LogP contribution >= 0.6 is 23.2 Å². The van der Waals surface area contributed by atoms with E-state index in [0.717, 1.165) is 11.3 Å². The van der Waals surface area contributed by atoms with E-state index >= 15 is 0 Å². The Labute approximate surface area is 195 Å². The largest absolute Gasteiger partial charge is 0.497 e. The van der Waals surface area contributed by atoms with Crippen molar-refractivity contribution in [2.24, 2.45) is 0 Å². The van der Waals surface area contributed by atoms with Gasteiger partial charge in [0.15, 0.2) is 0 Å². The molecule has 166 valence electrons. The number of halogens is 2. The van der Waals surface area contributed by atoms with Crippen molar-refractivity contribution >= 4 is 35.1 Å². The minimum absolute atomic E-state index is 0.162. The number of carbonyl (C=O) groups excluding carboxylic acids is 1. The lowest BCUT2D eigenvalue weighted by Crippen LogP contribution is -2.45. The Morgan fingerprint density at radius 1 is 1.22 bits per heavy atom. The van der Waals surface area contributed by atoms with Crippen LogP contribution in [0, 0.1) is 0 Å². The average molecular weight is 473 g/mol. The first kappa shape index (κ1) is 22.2. The Hall–Kier alpha value is -3.03. The van der Waals surface area contributed by atoms with E-state index < -0.39 is 0 Å². The molecule has 7 nitrogen and oxygen atoms in total. The normalized spacial score (nSPS) is 15.2. The second kappa shape index (κ2) is 9.22. The van der Waals surface area contributed by atoms with Gasteiger partial charge in [-0.05, 0) is 49.2 Å². The number of anilines is 1. The highest BCUT2D eigenvalue weighted by atomic mass is 35.5. The Balaban J connectivity index is 1.54. The van der Waals surface area contributed by atoms with Gasteiger partial charge in [-0.15, -0.1) is 0 Å². The maximum Gasteiger partial charge on any atom is 0.255 e. The van der Waals surface area contributed by atoms with Crippen molar-refractivity contribution in [3.05, 3.63) is 85.2 Å². The van der Waals surface area contributed by atoms with E-state index in [1.54, 1.807) is 30.2 Å². The number of aromatic amines is 1. The Morgan fingerprint density at radius 3 is 2.66 bits per heavy atom. The molecule has 4 rings (SSSR count). The predicted molar refractivity (Wildman–Crippen MR) is 125 cm³/mol. The Bertz CT molecular complexity index is 1210. The zero-order valence-electron chi connectivity index (χ0n) is 17.6. The third-order valence-corrected chi connectivity index (χ3v) is 6.24. The summed E-state index contributed by atoms with van der Waals surface area (Å²) in [7, 11) is 1.62. The fourth-order valence-electron chi connectivity index (χ4n) is 3.69. The maximum absolute atomic E-state index is 13.1. The lowest BCUT2D eigenvalue weighted by molar-refractivity contribution is 0.0653. The van der Waals surface area contributed by atoms with Gasteiger partial charge >= 0.3 is 0 Å². The van der Waals surface area contributed by atoms with Crippen LogP contribution in [0.15, 0.2) is 47.3 Å². The molecule has 1 aliphatic heterocycles. The molecule has 0 aliphatic carbocycles. The third-order valence-electron chi connectivity index (χ3n) is 5.50. The molecule has 0 fully saturated rings. The first-order chi connectivity index (χ1) is 15.4. The van der Waals surface area contributed by atoms with Gasteiger partial charge in [-0.3, -0.25) is 14.6 Å². The number of carbonyl (C=O) groups is 1. The number of hydrogen-bond donors (Lipinski definition) is 2. The molecule has 0 unspecified atom stereocenters. The summed E-state index contributed by atoms with van der Waals surface area (Å²) in [6.07, 6.45) is 0.420. The summed E-state index contributed by atoms with van der Waals surface area (Å²) in [6, 6.07) is 12.2. The van der Waals surface area contributed by atoms with E-state index in [-0.39, 0.29) is 24.1 Å². The molecule has 3 aromatic rings. The molecule has 0 radical (unpaired) electrons. The molecule has 0 bridgehead atoms. The second-order valence-corrected chi connectivity index (χ2v) is 8.47. The van der Waals surface area contributed by atoms with Crippen LogP contribution in [-0.2, 0) is 19.5 Å². The van der Waals surface area contributed by atoms with Crippen molar-refractivity contribution in [3.8, 4) is 5.75 Å². The lowest BCUT2D eigenvalue weighted by Gasteiger charge is -2.34. The van der Waals surface area contributed by atoms with Crippen molar-refractivity contribution < 1.29 is 9.53 Å². The van der Waals surface area contributed by atoms with E-state index in [4.69, 9.17) is 27.9 Å². The lowest BCUT2D eigenvalue weighted by atomic mass is 9.99. The van der Waals surface area contributed by atoms with Crippen molar-refractivity contribution in [3.63, 3.8) is 0 Å². The predicted octanol–water partition coefficient (Wildman–Crippen LogP) is 4.28. The smallest absolute Gasteiger partial charge is 0.255 e. The molecule has 32 heavy (non-hydrogen) atoms. The maximum atomic E-state index is 13.1. The number of hydrogen-bond acceptors (Lipinski definition) is 5. The molecule has 0 saturated carbocycles. The number of methoxy groups -OCH3 is 1. The number of amides is 1. The van der Waals surface area contributed by atoms with Crippen LogP contribution in [0.25, 0.3) is 0 Å². The fourth-order valence-corrected chi connectivity index (χ4v) is 3.99. The molecule has 9 heteroatoms. The summed E-state index contributed by atoms with van der Waals surface area (Å²) in [5.74, 6) is 0.951. The Morgan fingerprint density at radius 2 is 1.97 bits per heavy atom. The number of nitrogens with zero attached hydrogens (tertiary/aromatic N) is 2. The highest BCUT2D eigenvalue weighted by molar-refractivity contribution is 6.42. The zero-order chi connectivity index (χ0) is 22.8. The highest BCUT2D eigenvalue weighted by Crippen LogP contribution is 2.26. The van der Waals surface area contributed by atoms with Gasteiger partial charge in [-0.1, -0.05) is 35.3 Å². The van der Waals surface area contributed by atoms with Gasteiger partial charge in [0.2, 0.25) is 5.95 Å². The minimum atomic E-state index is -0.194. The number of aromatic nitrogens is 2. The van der Waals surface area contributed by atoms with Crippen LogP contribution in [0.1, 0.15) is 34.1 Å². The molecule has 1 amide bonds. The molecule has 2 aromatic carbocycles. The third kappa shape index (κ3) is 4.59. The van der Waals surface area contributed by atoms with Crippen LogP contribution in [0.3, 0.4) is 0 Å². The van der Waals surface area contributed by atoms with E-state index in [1.807, 2.05) is 31.2 Å². The quantitative estimate of drug-likeness (QED) is 0.578. The molecule has 0 spiro atoms. The highest BCUT2D eigenvalue weighted by Gasteiger charge is 2.30. The minimum Gasteiger partial charge on any atom is -0.497 e. The summed E-state index contributed by atoms with van der Waals surface area (Å²) in [5, 5.41) is 3.86. The van der Waals surface area contributed by atoms with E-state index in [0.29, 0.717) is 45.8 Å². The summed E-state index contributed by atoms with van der Waals surface area (Å²) in [6.45, 7) is 2.62. The molecule has 1 atom stereocenters. The van der Waals surface area contributed by atoms with Gasteiger partial charge in [0.25, 0.3) is 11.5 Å². The number of benzene rings is 2. The monoisotopic (exact) mass is 472 g/mol. The van der Waals surface area contributed by atoms with Crippen molar-refractivity contribution in [1.82, 2.24) is 14.9 Å². The van der Waals surface area contributed by atoms with Gasteiger partial charge in [-0.25, -0.2) is 4.98 Å². The molecule has 1 aliphatic rings. The molecule has 0 saturated heterocycles.